The molecule has 0 bridgehead atoms. The largest absolute Gasteiger partial charge is 0.389 e. The van der Waals surface area contributed by atoms with Crippen LogP contribution in [0.1, 0.15) is 27.7 Å². The molecule has 94 valence electrons. The van der Waals surface area contributed by atoms with Crippen molar-refractivity contribution < 1.29 is 5.11 Å². The van der Waals surface area contributed by atoms with Gasteiger partial charge in [0.15, 0.2) is 0 Å². The predicted octanol–water partition coefficient (Wildman–Crippen LogP) is 4.13. The van der Waals surface area contributed by atoms with Crippen LogP contribution < -0.4 is 0 Å². The van der Waals surface area contributed by atoms with Gasteiger partial charge in [0.25, 0.3) is 0 Å². The predicted molar refractivity (Wildman–Crippen MR) is 76.4 cm³/mol. The van der Waals surface area contributed by atoms with Crippen molar-refractivity contribution in [2.75, 3.05) is 0 Å². The average Bonchev–Trinajstić information content (AvgIpc) is 2.23. The van der Waals surface area contributed by atoms with Gasteiger partial charge in [0.05, 0.1) is 6.10 Å². The van der Waals surface area contributed by atoms with Gasteiger partial charge in [0.2, 0.25) is 0 Å². The Morgan fingerprint density at radius 2 is 1.71 bits per heavy atom. The maximum Gasteiger partial charge on any atom is 0.0693 e. The van der Waals surface area contributed by atoms with Crippen LogP contribution in [0, 0.1) is 5.41 Å². The number of rotatable bonds is 4. The maximum absolute atomic E-state index is 9.34. The highest BCUT2D eigenvalue weighted by atomic mass is 32.2. The molecule has 17 heavy (non-hydrogen) atoms. The van der Waals surface area contributed by atoms with Crippen LogP contribution in [-0.4, -0.2) is 16.5 Å². The summed E-state index contributed by atoms with van der Waals surface area (Å²) in [7, 11) is 0. The van der Waals surface area contributed by atoms with Crippen molar-refractivity contribution in [2.45, 2.75) is 43.9 Å². The van der Waals surface area contributed by atoms with E-state index in [-0.39, 0.29) is 11.5 Å². The molecule has 0 spiro atoms. The molecule has 1 N–H and O–H groups in total. The molecule has 1 aromatic carbocycles. The van der Waals surface area contributed by atoms with Gasteiger partial charge in [-0.1, -0.05) is 51.1 Å². The quantitative estimate of drug-likeness (QED) is 0.640. The minimum absolute atomic E-state index is 0.173. The third kappa shape index (κ3) is 5.42. The van der Waals surface area contributed by atoms with Crippen LogP contribution >= 0.6 is 11.8 Å². The zero-order valence-corrected chi connectivity index (χ0v) is 11.9. The van der Waals surface area contributed by atoms with E-state index in [0.717, 1.165) is 0 Å². The summed E-state index contributed by atoms with van der Waals surface area (Å²) in [4.78, 5) is 1.27. The van der Waals surface area contributed by atoms with Crippen molar-refractivity contribution >= 4 is 11.8 Å². The second kappa shape index (κ2) is 6.27. The van der Waals surface area contributed by atoms with Gasteiger partial charge in [0, 0.05) is 10.1 Å². The topological polar surface area (TPSA) is 20.2 Å². The molecule has 0 radical (unpaired) electrons. The Labute approximate surface area is 109 Å². The van der Waals surface area contributed by atoms with E-state index < -0.39 is 0 Å². The Morgan fingerprint density at radius 1 is 1.12 bits per heavy atom. The molecule has 0 saturated heterocycles. The lowest BCUT2D eigenvalue weighted by atomic mass is 9.91. The molecule has 0 aliphatic heterocycles. The molecule has 0 heterocycles. The van der Waals surface area contributed by atoms with Gasteiger partial charge < -0.3 is 5.11 Å². The Morgan fingerprint density at radius 3 is 2.18 bits per heavy atom. The molecule has 2 atom stereocenters. The Bertz CT molecular complexity index is 349. The zero-order valence-electron chi connectivity index (χ0n) is 11.1. The summed E-state index contributed by atoms with van der Waals surface area (Å²) in [6.45, 7) is 8.45. The smallest absolute Gasteiger partial charge is 0.0693 e. The molecule has 0 aliphatic carbocycles. The van der Waals surface area contributed by atoms with Gasteiger partial charge in [-0.05, 0) is 24.5 Å². The second-order valence-corrected chi connectivity index (χ2v) is 6.56. The van der Waals surface area contributed by atoms with Crippen LogP contribution in [0.3, 0.4) is 0 Å². The van der Waals surface area contributed by atoms with Crippen molar-refractivity contribution in [3.8, 4) is 0 Å². The first-order chi connectivity index (χ1) is 7.89. The van der Waals surface area contributed by atoms with Crippen LogP contribution in [0.4, 0.5) is 0 Å². The van der Waals surface area contributed by atoms with Gasteiger partial charge in [-0.3, -0.25) is 0 Å². The van der Waals surface area contributed by atoms with E-state index in [2.05, 4.69) is 51.1 Å². The number of hydrogen-bond donors (Lipinski definition) is 1. The highest BCUT2D eigenvalue weighted by Gasteiger charge is 2.23. The van der Waals surface area contributed by atoms with Crippen LogP contribution in [-0.2, 0) is 0 Å². The summed E-state index contributed by atoms with van der Waals surface area (Å²) in [6, 6.07) is 10.4. The number of aliphatic hydroxyl groups excluding tert-OH is 1. The highest BCUT2D eigenvalue weighted by Crippen LogP contribution is 2.36. The molecule has 1 nitrogen and oxygen atoms in total. The highest BCUT2D eigenvalue weighted by molar-refractivity contribution is 8.00. The minimum atomic E-state index is -0.378. The van der Waals surface area contributed by atoms with Crippen LogP contribution in [0.2, 0.25) is 0 Å². The first-order valence-electron chi connectivity index (χ1n) is 5.97. The zero-order chi connectivity index (χ0) is 12.9. The van der Waals surface area contributed by atoms with Crippen LogP contribution in [0.5, 0.6) is 0 Å². The van der Waals surface area contributed by atoms with E-state index in [0.29, 0.717) is 5.25 Å². The summed E-state index contributed by atoms with van der Waals surface area (Å²) in [5.74, 6) is 0. The first-order valence-corrected chi connectivity index (χ1v) is 6.85. The third-order valence-corrected chi connectivity index (χ3v) is 4.09. The number of aliphatic hydroxyl groups is 1. The summed E-state index contributed by atoms with van der Waals surface area (Å²) >= 11 is 1.84. The van der Waals surface area contributed by atoms with Gasteiger partial charge in [-0.2, -0.15) is 0 Å². The fraction of sp³-hybridized carbons (Fsp3) is 0.467. The molecule has 0 fully saturated rings. The molecule has 0 amide bonds. The summed E-state index contributed by atoms with van der Waals surface area (Å²) in [5.41, 5.74) is 0.173. The lowest BCUT2D eigenvalue weighted by molar-refractivity contribution is 0.243. The van der Waals surface area contributed by atoms with E-state index in [1.807, 2.05) is 23.9 Å². The van der Waals surface area contributed by atoms with E-state index in [1.54, 1.807) is 6.92 Å². The second-order valence-electron chi connectivity index (χ2n) is 5.34. The molecule has 1 rings (SSSR count). The monoisotopic (exact) mass is 250 g/mol. The van der Waals surface area contributed by atoms with Gasteiger partial charge in [-0.15, -0.1) is 11.8 Å². The maximum atomic E-state index is 9.34. The van der Waals surface area contributed by atoms with Crippen molar-refractivity contribution in [2.24, 2.45) is 5.41 Å². The van der Waals surface area contributed by atoms with Gasteiger partial charge in [0.1, 0.15) is 0 Å². The molecular formula is C15H22OS. The van der Waals surface area contributed by atoms with Gasteiger partial charge in [-0.25, -0.2) is 0 Å². The lowest BCUT2D eigenvalue weighted by Crippen LogP contribution is -2.21. The van der Waals surface area contributed by atoms with E-state index in [1.165, 1.54) is 4.90 Å². The fourth-order valence-corrected chi connectivity index (χ4v) is 2.54. The number of hydrogen-bond acceptors (Lipinski definition) is 2. The fourth-order valence-electron chi connectivity index (χ4n) is 1.41. The molecular weight excluding hydrogens is 228 g/mol. The summed E-state index contributed by atoms with van der Waals surface area (Å²) < 4.78 is 0. The Balaban J connectivity index is 2.78. The standard InChI is InChI=1S/C15H22OS/c1-12(16)10-11-14(15(2,3)4)17-13-8-6-5-7-9-13/h5-12,14,16H,1-4H3/t12-,14-/m0/s1. The number of thioether (sulfide) groups is 1. The van der Waals surface area contributed by atoms with Crippen molar-refractivity contribution in [3.05, 3.63) is 42.5 Å². The molecule has 2 heteroatoms. The molecule has 0 aliphatic rings. The number of benzene rings is 1. The SMILES string of the molecule is C[C@H](O)C=C[C@H](Sc1ccccc1)C(C)(C)C. The first kappa shape index (κ1) is 14.3. The normalized spacial score (nSPS) is 16.1. The lowest BCUT2D eigenvalue weighted by Gasteiger charge is -2.27. The third-order valence-electron chi connectivity index (χ3n) is 2.42. The Kier molecular flexibility index (Phi) is 5.29. The minimum Gasteiger partial charge on any atom is -0.389 e. The van der Waals surface area contributed by atoms with Crippen LogP contribution in [0.15, 0.2) is 47.4 Å². The average molecular weight is 250 g/mol. The Hall–Kier alpha value is -0.730. The summed E-state index contributed by atoms with van der Waals surface area (Å²) in [6.07, 6.45) is 3.60. The van der Waals surface area contributed by atoms with Crippen molar-refractivity contribution in [1.29, 1.82) is 0 Å². The van der Waals surface area contributed by atoms with Crippen molar-refractivity contribution in [1.82, 2.24) is 0 Å². The van der Waals surface area contributed by atoms with Crippen molar-refractivity contribution in [3.63, 3.8) is 0 Å². The van der Waals surface area contributed by atoms with E-state index in [9.17, 15) is 5.11 Å². The molecule has 0 aromatic heterocycles. The molecule has 0 unspecified atom stereocenters. The molecule has 0 saturated carbocycles. The van der Waals surface area contributed by atoms with E-state index in [4.69, 9.17) is 0 Å². The van der Waals surface area contributed by atoms with Crippen LogP contribution in [0.25, 0.3) is 0 Å². The van der Waals surface area contributed by atoms with Gasteiger partial charge >= 0.3 is 0 Å². The summed E-state index contributed by atoms with van der Waals surface area (Å²) in [5, 5.41) is 9.70. The molecule has 1 aromatic rings. The van der Waals surface area contributed by atoms with E-state index >= 15 is 0 Å².